The lowest BCUT2D eigenvalue weighted by molar-refractivity contribution is 0.0566. The van der Waals surface area contributed by atoms with Crippen LogP contribution in [0.15, 0.2) is 43.0 Å². The largest absolute Gasteiger partial charge is 0.333 e. The Kier molecular flexibility index (Phi) is 3.29. The second kappa shape index (κ2) is 4.73. The first-order valence-corrected chi connectivity index (χ1v) is 5.00. The molecule has 18 heavy (non-hydrogen) atoms. The highest BCUT2D eigenvalue weighted by molar-refractivity contribution is 5.85. The molecule has 0 N–H and O–H groups in total. The molecule has 94 valence electrons. The summed E-state index contributed by atoms with van der Waals surface area (Å²) in [5.41, 5.74) is 2.37. The maximum atomic E-state index is 12.4. The van der Waals surface area contributed by atoms with E-state index in [0.29, 0.717) is 10.2 Å². The highest BCUT2D eigenvalue weighted by atomic mass is 35.5. The zero-order valence-corrected chi connectivity index (χ0v) is 9.89. The number of aromatic nitrogens is 4. The predicted octanol–water partition coefficient (Wildman–Crippen LogP) is 3.01. The Labute approximate surface area is 107 Å². The minimum atomic E-state index is -2.61. The van der Waals surface area contributed by atoms with Crippen LogP contribution in [0.25, 0.3) is 16.6 Å². The smallest absolute Gasteiger partial charge is 0.240 e. The summed E-state index contributed by atoms with van der Waals surface area (Å²) in [6.45, 7) is -2.61. The third kappa shape index (κ3) is 2.06. The zero-order valence-electron chi connectivity index (χ0n) is 9.07. The van der Waals surface area contributed by atoms with Gasteiger partial charge in [-0.05, 0) is 18.2 Å². The van der Waals surface area contributed by atoms with E-state index >= 15 is 0 Å². The summed E-state index contributed by atoms with van der Waals surface area (Å²) in [5, 5.41) is 7.71. The summed E-state index contributed by atoms with van der Waals surface area (Å²) in [4.78, 5) is 0. The molecule has 0 spiro atoms. The van der Waals surface area contributed by atoms with Gasteiger partial charge in [0.2, 0.25) is 0 Å². The fraction of sp³-hybridized carbons (Fsp3) is 0.0909. The molecular formula is C11H9ClF2N4. The summed E-state index contributed by atoms with van der Waals surface area (Å²) in [6.07, 6.45) is 6.18. The molecule has 0 bridgehead atoms. The molecule has 0 unspecified atom stereocenters. The molecule has 0 fully saturated rings. The predicted molar refractivity (Wildman–Crippen MR) is 64.9 cm³/mol. The van der Waals surface area contributed by atoms with Crippen LogP contribution >= 0.6 is 12.4 Å². The Morgan fingerprint density at radius 1 is 1.11 bits per heavy atom. The first-order chi connectivity index (χ1) is 8.24. The number of rotatable bonds is 2. The van der Waals surface area contributed by atoms with Crippen LogP contribution in [0.2, 0.25) is 0 Å². The van der Waals surface area contributed by atoms with E-state index in [9.17, 15) is 8.78 Å². The molecule has 0 amide bonds. The summed E-state index contributed by atoms with van der Waals surface area (Å²) >= 11 is 0. The molecule has 0 aromatic carbocycles. The quantitative estimate of drug-likeness (QED) is 0.717. The Morgan fingerprint density at radius 3 is 2.61 bits per heavy atom. The highest BCUT2D eigenvalue weighted by Gasteiger charge is 2.10. The van der Waals surface area contributed by atoms with Gasteiger partial charge < -0.3 is 0 Å². The summed E-state index contributed by atoms with van der Waals surface area (Å²) in [5.74, 6) is 0. The van der Waals surface area contributed by atoms with Gasteiger partial charge in [0.25, 0.3) is 0 Å². The fourth-order valence-corrected chi connectivity index (χ4v) is 1.70. The van der Waals surface area contributed by atoms with Crippen LogP contribution in [0.4, 0.5) is 8.78 Å². The molecule has 3 rings (SSSR count). The average Bonchev–Trinajstić information content (AvgIpc) is 2.95. The molecule has 3 aromatic heterocycles. The molecule has 0 saturated heterocycles. The Bertz CT molecular complexity index is 629. The molecule has 0 aliphatic carbocycles. The van der Waals surface area contributed by atoms with Gasteiger partial charge in [0.05, 0.1) is 11.7 Å². The van der Waals surface area contributed by atoms with Crippen molar-refractivity contribution in [1.82, 2.24) is 19.4 Å². The topological polar surface area (TPSA) is 35.1 Å². The van der Waals surface area contributed by atoms with Gasteiger partial charge >= 0.3 is 6.55 Å². The molecule has 0 aliphatic heterocycles. The number of halogens is 3. The van der Waals surface area contributed by atoms with E-state index in [1.54, 1.807) is 16.9 Å². The van der Waals surface area contributed by atoms with E-state index in [1.807, 2.05) is 18.2 Å². The lowest BCUT2D eigenvalue weighted by Gasteiger charge is -1.95. The molecular weight excluding hydrogens is 262 g/mol. The lowest BCUT2D eigenvalue weighted by Crippen LogP contribution is -1.96. The Hall–Kier alpha value is -1.95. The van der Waals surface area contributed by atoms with Crippen molar-refractivity contribution in [2.24, 2.45) is 0 Å². The lowest BCUT2D eigenvalue weighted by atomic mass is 10.2. The Morgan fingerprint density at radius 2 is 1.94 bits per heavy atom. The fourth-order valence-electron chi connectivity index (χ4n) is 1.70. The van der Waals surface area contributed by atoms with E-state index in [-0.39, 0.29) is 12.4 Å². The highest BCUT2D eigenvalue weighted by Crippen LogP contribution is 2.23. The van der Waals surface area contributed by atoms with Crippen molar-refractivity contribution in [2.75, 3.05) is 0 Å². The van der Waals surface area contributed by atoms with Crippen LogP contribution in [0.1, 0.15) is 6.55 Å². The number of fused-ring (bicyclic) bond motifs is 1. The second-order valence-corrected chi connectivity index (χ2v) is 3.61. The van der Waals surface area contributed by atoms with E-state index in [0.717, 1.165) is 11.1 Å². The Balaban J connectivity index is 0.00000120. The standard InChI is InChI=1S/C11H8F2N4.ClH/c12-11(13)17-7-9(5-15-17)8-4-10-2-1-3-14-16(10)6-8;/h1-7,11H;1H. The third-order valence-electron chi connectivity index (χ3n) is 2.51. The van der Waals surface area contributed by atoms with Gasteiger partial charge in [-0.1, -0.05) is 0 Å². The number of nitrogens with zero attached hydrogens (tertiary/aromatic N) is 4. The van der Waals surface area contributed by atoms with Gasteiger partial charge in [-0.15, -0.1) is 12.4 Å². The van der Waals surface area contributed by atoms with Crippen molar-refractivity contribution in [2.45, 2.75) is 6.55 Å². The normalized spacial score (nSPS) is 10.8. The molecule has 0 atom stereocenters. The van der Waals surface area contributed by atoms with Gasteiger partial charge in [-0.3, -0.25) is 0 Å². The van der Waals surface area contributed by atoms with Crippen LogP contribution in [-0.4, -0.2) is 19.4 Å². The summed E-state index contributed by atoms with van der Waals surface area (Å²) in [6, 6.07) is 5.59. The van der Waals surface area contributed by atoms with Crippen molar-refractivity contribution in [1.29, 1.82) is 0 Å². The molecule has 3 heterocycles. The van der Waals surface area contributed by atoms with Gasteiger partial charge in [0, 0.05) is 29.7 Å². The van der Waals surface area contributed by atoms with Crippen molar-refractivity contribution in [3.05, 3.63) is 43.0 Å². The molecule has 0 aliphatic rings. The number of hydrogen-bond acceptors (Lipinski definition) is 2. The molecule has 3 aromatic rings. The summed E-state index contributed by atoms with van der Waals surface area (Å²) < 4.78 is 27.1. The average molecular weight is 271 g/mol. The van der Waals surface area contributed by atoms with E-state index in [4.69, 9.17) is 0 Å². The van der Waals surface area contributed by atoms with Crippen molar-refractivity contribution in [3.8, 4) is 11.1 Å². The molecule has 4 nitrogen and oxygen atoms in total. The monoisotopic (exact) mass is 270 g/mol. The van der Waals surface area contributed by atoms with Crippen molar-refractivity contribution >= 4 is 17.9 Å². The zero-order chi connectivity index (χ0) is 11.8. The number of hydrogen-bond donors (Lipinski definition) is 0. The molecule has 0 saturated carbocycles. The van der Waals surface area contributed by atoms with E-state index in [1.165, 1.54) is 12.4 Å². The van der Waals surface area contributed by atoms with Gasteiger partial charge in [0.1, 0.15) is 0 Å². The third-order valence-corrected chi connectivity index (χ3v) is 2.51. The molecule has 0 radical (unpaired) electrons. The first-order valence-electron chi connectivity index (χ1n) is 5.00. The van der Waals surface area contributed by atoms with Gasteiger partial charge in [-0.25, -0.2) is 9.20 Å². The van der Waals surface area contributed by atoms with Gasteiger partial charge in [0.15, 0.2) is 0 Å². The SMILES string of the molecule is Cl.FC(F)n1cc(-c2cc3cccnn3c2)cn1. The van der Waals surface area contributed by atoms with Crippen molar-refractivity contribution < 1.29 is 8.78 Å². The maximum absolute atomic E-state index is 12.4. The van der Waals surface area contributed by atoms with Crippen LogP contribution in [0, 0.1) is 0 Å². The van der Waals surface area contributed by atoms with Crippen LogP contribution < -0.4 is 0 Å². The van der Waals surface area contributed by atoms with Gasteiger partial charge in [-0.2, -0.15) is 19.0 Å². The first kappa shape index (κ1) is 12.5. The summed E-state index contributed by atoms with van der Waals surface area (Å²) in [7, 11) is 0. The van der Waals surface area contributed by atoms with Crippen LogP contribution in [0.3, 0.4) is 0 Å². The number of alkyl halides is 2. The van der Waals surface area contributed by atoms with E-state index < -0.39 is 6.55 Å². The van der Waals surface area contributed by atoms with E-state index in [2.05, 4.69) is 10.2 Å². The minimum absolute atomic E-state index is 0. The molecule has 7 heteroatoms. The van der Waals surface area contributed by atoms with Crippen molar-refractivity contribution in [3.63, 3.8) is 0 Å². The van der Waals surface area contributed by atoms with Crippen LogP contribution in [0.5, 0.6) is 0 Å². The maximum Gasteiger partial charge on any atom is 0.333 e. The second-order valence-electron chi connectivity index (χ2n) is 3.61. The minimum Gasteiger partial charge on any atom is -0.240 e. The van der Waals surface area contributed by atoms with Crippen LogP contribution in [-0.2, 0) is 0 Å².